The number of esters is 2. The molecule has 142 valence electrons. The summed E-state index contributed by atoms with van der Waals surface area (Å²) in [6.07, 6.45) is 6.52. The van der Waals surface area contributed by atoms with E-state index in [0.29, 0.717) is 33.8 Å². The van der Waals surface area contributed by atoms with Gasteiger partial charge in [0.15, 0.2) is 0 Å². The maximum Gasteiger partial charge on any atom is 0.308 e. The van der Waals surface area contributed by atoms with E-state index in [1.54, 1.807) is 48.6 Å². The molecular weight excluding hydrogens is 352 g/mol. The summed E-state index contributed by atoms with van der Waals surface area (Å²) >= 11 is 0. The zero-order valence-corrected chi connectivity index (χ0v) is 16.1. The average Bonchev–Trinajstić information content (AvgIpc) is 2.67. The van der Waals surface area contributed by atoms with E-state index >= 15 is 0 Å². The van der Waals surface area contributed by atoms with Crippen LogP contribution in [0, 0.1) is 0 Å². The molecule has 4 nitrogen and oxygen atoms in total. The van der Waals surface area contributed by atoms with Gasteiger partial charge in [0, 0.05) is 36.1 Å². The largest absolute Gasteiger partial charge is 0.425 e. The minimum absolute atomic E-state index is 0.317. The molecule has 0 bridgehead atoms. The Kier molecular flexibility index (Phi) is 6.51. The zero-order chi connectivity index (χ0) is 20.8. The molecule has 28 heavy (non-hydrogen) atoms. The highest BCUT2D eigenvalue weighted by molar-refractivity contribution is 5.89. The van der Waals surface area contributed by atoms with E-state index in [4.69, 9.17) is 9.47 Å². The van der Waals surface area contributed by atoms with Crippen LogP contribution < -0.4 is 9.47 Å². The van der Waals surface area contributed by atoms with Crippen molar-refractivity contribution in [2.75, 3.05) is 0 Å². The number of rotatable bonds is 7. The first-order chi connectivity index (χ1) is 13.3. The molecule has 0 fully saturated rings. The fourth-order valence-corrected chi connectivity index (χ4v) is 2.80. The number of ether oxygens (including phenoxy) is 2. The molecule has 0 spiro atoms. The predicted molar refractivity (Wildman–Crippen MR) is 115 cm³/mol. The van der Waals surface area contributed by atoms with Gasteiger partial charge in [-0.05, 0) is 35.4 Å². The van der Waals surface area contributed by atoms with E-state index in [1.165, 1.54) is 13.8 Å². The van der Waals surface area contributed by atoms with Gasteiger partial charge in [0.1, 0.15) is 11.5 Å². The molecular formula is C24H22O4. The molecule has 0 radical (unpaired) electrons. The van der Waals surface area contributed by atoms with Crippen LogP contribution in [0.15, 0.2) is 50.6 Å². The first-order valence-corrected chi connectivity index (χ1v) is 8.57. The van der Waals surface area contributed by atoms with Crippen molar-refractivity contribution in [3.05, 3.63) is 72.8 Å². The van der Waals surface area contributed by atoms with E-state index in [9.17, 15) is 9.59 Å². The maximum absolute atomic E-state index is 11.7. The van der Waals surface area contributed by atoms with Crippen LogP contribution in [0.2, 0.25) is 0 Å². The van der Waals surface area contributed by atoms with Gasteiger partial charge in [0.05, 0.1) is 0 Å². The third kappa shape index (κ3) is 4.35. The van der Waals surface area contributed by atoms with Gasteiger partial charge in [-0.25, -0.2) is 0 Å². The number of hydrogen-bond acceptors (Lipinski definition) is 4. The third-order valence-electron chi connectivity index (χ3n) is 3.97. The fourth-order valence-electron chi connectivity index (χ4n) is 2.80. The standard InChI is InChI=1S/C24H22O4/c1-7-17-11-19(9-3)23(27-15(5)25)21(13-17)22-14-18(8-2)12-20(10-4)24(22)28-16(6)26/h7-14H,1-4H2,5-6H3. The lowest BCUT2D eigenvalue weighted by Gasteiger charge is -2.18. The van der Waals surface area contributed by atoms with Crippen LogP contribution in [-0.2, 0) is 9.59 Å². The molecule has 2 aromatic rings. The predicted octanol–water partition coefficient (Wildman–Crippen LogP) is 5.78. The number of hydrogen-bond donors (Lipinski definition) is 0. The van der Waals surface area contributed by atoms with Gasteiger partial charge in [0.2, 0.25) is 0 Å². The van der Waals surface area contributed by atoms with E-state index in [1.807, 2.05) is 0 Å². The smallest absolute Gasteiger partial charge is 0.308 e. The molecule has 0 aliphatic carbocycles. The van der Waals surface area contributed by atoms with Crippen LogP contribution >= 0.6 is 0 Å². The molecule has 2 aromatic carbocycles. The Balaban J connectivity index is 2.99. The van der Waals surface area contributed by atoms with Crippen LogP contribution in [0.4, 0.5) is 0 Å². The third-order valence-corrected chi connectivity index (χ3v) is 3.97. The lowest BCUT2D eigenvalue weighted by Crippen LogP contribution is -2.07. The van der Waals surface area contributed by atoms with E-state index in [0.717, 1.165) is 11.1 Å². The second-order valence-electron chi connectivity index (χ2n) is 5.98. The van der Waals surface area contributed by atoms with Gasteiger partial charge in [-0.3, -0.25) is 9.59 Å². The van der Waals surface area contributed by atoms with Gasteiger partial charge in [-0.2, -0.15) is 0 Å². The Labute approximate surface area is 165 Å². The molecule has 0 N–H and O–H groups in total. The fraction of sp³-hybridized carbons (Fsp3) is 0.0833. The summed E-state index contributed by atoms with van der Waals surface area (Å²) in [5, 5.41) is 0. The SMILES string of the molecule is C=Cc1cc(C=C)c(OC(C)=O)c(-c2cc(C=C)cc(C=C)c2OC(C)=O)c1. The highest BCUT2D eigenvalue weighted by atomic mass is 16.5. The minimum Gasteiger partial charge on any atom is -0.425 e. The molecule has 0 atom stereocenters. The molecule has 0 saturated heterocycles. The average molecular weight is 374 g/mol. The second-order valence-corrected chi connectivity index (χ2v) is 5.98. The number of benzene rings is 2. The normalized spacial score (nSPS) is 9.93. The molecule has 0 aliphatic heterocycles. The second kappa shape index (κ2) is 8.82. The molecule has 0 aromatic heterocycles. The first kappa shape index (κ1) is 20.6. The zero-order valence-electron chi connectivity index (χ0n) is 16.1. The lowest BCUT2D eigenvalue weighted by atomic mass is 9.93. The van der Waals surface area contributed by atoms with Crippen molar-refractivity contribution in [2.24, 2.45) is 0 Å². The van der Waals surface area contributed by atoms with Gasteiger partial charge in [-0.15, -0.1) is 0 Å². The Bertz CT molecular complexity index is 915. The maximum atomic E-state index is 11.7. The van der Waals surface area contributed by atoms with Gasteiger partial charge < -0.3 is 9.47 Å². The monoisotopic (exact) mass is 374 g/mol. The molecule has 4 heteroatoms. The van der Waals surface area contributed by atoms with Crippen molar-refractivity contribution in [3.8, 4) is 22.6 Å². The molecule has 0 heterocycles. The van der Waals surface area contributed by atoms with Crippen molar-refractivity contribution < 1.29 is 19.1 Å². The first-order valence-electron chi connectivity index (χ1n) is 8.57. The van der Waals surface area contributed by atoms with Crippen molar-refractivity contribution in [1.82, 2.24) is 0 Å². The molecule has 0 amide bonds. The van der Waals surface area contributed by atoms with E-state index < -0.39 is 11.9 Å². The van der Waals surface area contributed by atoms with Crippen LogP contribution in [0.3, 0.4) is 0 Å². The summed E-state index contributed by atoms with van der Waals surface area (Å²) in [7, 11) is 0. The summed E-state index contributed by atoms with van der Waals surface area (Å²) in [5.74, 6) is -0.322. The Morgan fingerprint density at radius 1 is 0.679 bits per heavy atom. The molecule has 0 unspecified atom stereocenters. The Morgan fingerprint density at radius 3 is 1.29 bits per heavy atom. The number of carbonyl (C=O) groups excluding carboxylic acids is 2. The Hall–Kier alpha value is -3.66. The topological polar surface area (TPSA) is 52.6 Å². The lowest BCUT2D eigenvalue weighted by molar-refractivity contribution is -0.132. The van der Waals surface area contributed by atoms with Crippen molar-refractivity contribution in [2.45, 2.75) is 13.8 Å². The Morgan fingerprint density at radius 2 is 1.04 bits per heavy atom. The van der Waals surface area contributed by atoms with Crippen LogP contribution in [-0.4, -0.2) is 11.9 Å². The van der Waals surface area contributed by atoms with Crippen molar-refractivity contribution >= 4 is 36.2 Å². The summed E-state index contributed by atoms with van der Waals surface area (Å²) in [5.41, 5.74) is 3.93. The van der Waals surface area contributed by atoms with Gasteiger partial charge in [0.25, 0.3) is 0 Å². The van der Waals surface area contributed by atoms with Crippen LogP contribution in [0.25, 0.3) is 35.4 Å². The molecule has 0 aliphatic rings. The summed E-state index contributed by atoms with van der Waals surface area (Å²) < 4.78 is 11.0. The van der Waals surface area contributed by atoms with Gasteiger partial charge >= 0.3 is 11.9 Å². The van der Waals surface area contributed by atoms with E-state index in [-0.39, 0.29) is 0 Å². The van der Waals surface area contributed by atoms with Crippen LogP contribution in [0.5, 0.6) is 11.5 Å². The molecule has 0 saturated carbocycles. The summed E-state index contributed by atoms with van der Waals surface area (Å²) in [6.45, 7) is 17.9. The highest BCUT2D eigenvalue weighted by Gasteiger charge is 2.20. The summed E-state index contributed by atoms with van der Waals surface area (Å²) in [6, 6.07) is 7.22. The highest BCUT2D eigenvalue weighted by Crippen LogP contribution is 2.43. The minimum atomic E-state index is -0.478. The van der Waals surface area contributed by atoms with Gasteiger partial charge in [-0.1, -0.05) is 50.6 Å². The van der Waals surface area contributed by atoms with Crippen molar-refractivity contribution in [3.63, 3.8) is 0 Å². The van der Waals surface area contributed by atoms with E-state index in [2.05, 4.69) is 26.3 Å². The summed E-state index contributed by atoms with van der Waals surface area (Å²) in [4.78, 5) is 23.5. The quantitative estimate of drug-likeness (QED) is 0.456. The van der Waals surface area contributed by atoms with Crippen molar-refractivity contribution in [1.29, 1.82) is 0 Å². The number of carbonyl (C=O) groups is 2. The van der Waals surface area contributed by atoms with Crippen LogP contribution in [0.1, 0.15) is 36.1 Å². The molecule has 2 rings (SSSR count).